The van der Waals surface area contributed by atoms with E-state index < -0.39 is 0 Å². The molecule has 0 aliphatic rings. The number of aliphatic imine (C=N–C) groups is 1. The van der Waals surface area contributed by atoms with Gasteiger partial charge in [0.15, 0.2) is 17.3 Å². The maximum Gasteiger partial charge on any atom is 0.191 e. The van der Waals surface area contributed by atoms with Crippen molar-refractivity contribution in [1.82, 2.24) is 25.4 Å². The molecule has 0 saturated carbocycles. The second kappa shape index (κ2) is 11.6. The molecule has 9 heteroatoms. The molecule has 158 valence electrons. The fourth-order valence-electron chi connectivity index (χ4n) is 2.97. The molecule has 0 saturated heterocycles. The van der Waals surface area contributed by atoms with Crippen molar-refractivity contribution in [2.45, 2.75) is 39.3 Å². The molecule has 29 heavy (non-hydrogen) atoms. The Hall–Kier alpha value is -2.30. The Morgan fingerprint density at radius 1 is 1.28 bits per heavy atom. The van der Waals surface area contributed by atoms with Gasteiger partial charge in [-0.05, 0) is 38.8 Å². The fourth-order valence-corrected chi connectivity index (χ4v) is 2.97. The SMILES string of the molecule is CCOc1cccc2cc(C(C)NC(=NC)NCCCCn3cnnc3)oc12.I. The molecular weight excluding hydrogens is 483 g/mol. The van der Waals surface area contributed by atoms with Crippen LogP contribution in [0.2, 0.25) is 0 Å². The summed E-state index contributed by atoms with van der Waals surface area (Å²) in [5, 5.41) is 15.4. The van der Waals surface area contributed by atoms with Gasteiger partial charge in [0.2, 0.25) is 0 Å². The van der Waals surface area contributed by atoms with Crippen molar-refractivity contribution in [2.75, 3.05) is 20.2 Å². The molecule has 1 unspecified atom stereocenters. The number of halogens is 1. The molecule has 2 aromatic heterocycles. The van der Waals surface area contributed by atoms with Crippen LogP contribution in [0, 0.1) is 0 Å². The van der Waals surface area contributed by atoms with Gasteiger partial charge in [0.1, 0.15) is 18.4 Å². The minimum Gasteiger partial charge on any atom is -0.490 e. The van der Waals surface area contributed by atoms with Gasteiger partial charge in [0.05, 0.1) is 12.6 Å². The molecule has 0 radical (unpaired) electrons. The van der Waals surface area contributed by atoms with Gasteiger partial charge in [-0.1, -0.05) is 12.1 Å². The number of rotatable bonds is 9. The summed E-state index contributed by atoms with van der Waals surface area (Å²) in [6.07, 6.45) is 5.54. The van der Waals surface area contributed by atoms with Gasteiger partial charge >= 0.3 is 0 Å². The number of guanidine groups is 1. The number of fused-ring (bicyclic) bond motifs is 1. The van der Waals surface area contributed by atoms with E-state index in [0.29, 0.717) is 6.61 Å². The zero-order valence-electron chi connectivity index (χ0n) is 17.1. The van der Waals surface area contributed by atoms with Crippen molar-refractivity contribution < 1.29 is 9.15 Å². The van der Waals surface area contributed by atoms with E-state index in [0.717, 1.165) is 54.4 Å². The molecule has 0 aliphatic carbocycles. The summed E-state index contributed by atoms with van der Waals surface area (Å²) in [5.41, 5.74) is 0.782. The number of hydrogen-bond donors (Lipinski definition) is 2. The summed E-state index contributed by atoms with van der Waals surface area (Å²) in [4.78, 5) is 4.30. The second-order valence-electron chi connectivity index (χ2n) is 6.53. The first-order valence-corrected chi connectivity index (χ1v) is 9.66. The number of aromatic nitrogens is 3. The predicted octanol–water partition coefficient (Wildman–Crippen LogP) is 3.75. The number of hydrogen-bond acceptors (Lipinski definition) is 5. The van der Waals surface area contributed by atoms with Crippen molar-refractivity contribution in [2.24, 2.45) is 4.99 Å². The van der Waals surface area contributed by atoms with Crippen molar-refractivity contribution >= 4 is 40.9 Å². The van der Waals surface area contributed by atoms with Gasteiger partial charge in [-0.15, -0.1) is 34.2 Å². The van der Waals surface area contributed by atoms with Crippen LogP contribution >= 0.6 is 24.0 Å². The summed E-state index contributed by atoms with van der Waals surface area (Å²) in [5.74, 6) is 2.37. The zero-order chi connectivity index (χ0) is 19.8. The minimum absolute atomic E-state index is 0. The molecule has 0 spiro atoms. The summed E-state index contributed by atoms with van der Waals surface area (Å²) >= 11 is 0. The van der Waals surface area contributed by atoms with Gasteiger partial charge in [0, 0.05) is 25.5 Å². The summed E-state index contributed by atoms with van der Waals surface area (Å²) in [7, 11) is 1.77. The number of ether oxygens (including phenoxy) is 1. The Balaban J connectivity index is 0.00000300. The van der Waals surface area contributed by atoms with Gasteiger partial charge in [-0.2, -0.15) is 0 Å². The Kier molecular flexibility index (Phi) is 9.23. The number of unbranched alkanes of at least 4 members (excludes halogenated alkanes) is 1. The lowest BCUT2D eigenvalue weighted by Crippen LogP contribution is -2.39. The Morgan fingerprint density at radius 3 is 2.79 bits per heavy atom. The van der Waals surface area contributed by atoms with E-state index in [4.69, 9.17) is 9.15 Å². The van der Waals surface area contributed by atoms with E-state index in [9.17, 15) is 0 Å². The van der Waals surface area contributed by atoms with Gasteiger partial charge < -0.3 is 24.4 Å². The molecule has 0 bridgehead atoms. The third kappa shape index (κ3) is 6.34. The van der Waals surface area contributed by atoms with E-state index >= 15 is 0 Å². The number of nitrogens with zero attached hydrogens (tertiary/aromatic N) is 4. The van der Waals surface area contributed by atoms with Crippen LogP contribution < -0.4 is 15.4 Å². The topological polar surface area (TPSA) is 89.5 Å². The lowest BCUT2D eigenvalue weighted by atomic mass is 10.2. The van der Waals surface area contributed by atoms with E-state index in [1.807, 2.05) is 35.8 Å². The lowest BCUT2D eigenvalue weighted by Gasteiger charge is -2.16. The van der Waals surface area contributed by atoms with Crippen molar-refractivity contribution in [1.29, 1.82) is 0 Å². The van der Waals surface area contributed by atoms with Crippen LogP contribution in [0.3, 0.4) is 0 Å². The number of nitrogens with one attached hydrogen (secondary N) is 2. The molecule has 0 aliphatic heterocycles. The highest BCUT2D eigenvalue weighted by Gasteiger charge is 2.15. The first kappa shape index (κ1) is 23.0. The van der Waals surface area contributed by atoms with Gasteiger partial charge in [-0.3, -0.25) is 4.99 Å². The summed E-state index contributed by atoms with van der Waals surface area (Å²) in [6.45, 7) is 6.38. The molecule has 0 amide bonds. The quantitative estimate of drug-likeness (QED) is 0.197. The summed E-state index contributed by atoms with van der Waals surface area (Å²) in [6, 6.07) is 7.95. The van der Waals surface area contributed by atoms with E-state index in [-0.39, 0.29) is 30.0 Å². The molecule has 1 aromatic carbocycles. The monoisotopic (exact) mass is 512 g/mol. The van der Waals surface area contributed by atoms with Crippen molar-refractivity contribution in [3.8, 4) is 5.75 Å². The second-order valence-corrected chi connectivity index (χ2v) is 6.53. The average Bonchev–Trinajstić information content (AvgIpc) is 3.37. The van der Waals surface area contributed by atoms with E-state index in [2.05, 4.69) is 32.7 Å². The van der Waals surface area contributed by atoms with Crippen LogP contribution in [0.1, 0.15) is 38.5 Å². The highest BCUT2D eigenvalue weighted by atomic mass is 127. The first-order valence-electron chi connectivity index (χ1n) is 9.66. The largest absolute Gasteiger partial charge is 0.490 e. The smallest absolute Gasteiger partial charge is 0.191 e. The summed E-state index contributed by atoms with van der Waals surface area (Å²) < 4.78 is 13.7. The molecule has 0 fully saturated rings. The Morgan fingerprint density at radius 2 is 2.07 bits per heavy atom. The predicted molar refractivity (Wildman–Crippen MR) is 125 cm³/mol. The highest BCUT2D eigenvalue weighted by Crippen LogP contribution is 2.31. The van der Waals surface area contributed by atoms with Gasteiger partial charge in [-0.25, -0.2) is 0 Å². The van der Waals surface area contributed by atoms with Crippen LogP contribution in [-0.4, -0.2) is 40.9 Å². The van der Waals surface area contributed by atoms with Crippen molar-refractivity contribution in [3.05, 3.63) is 42.7 Å². The number of para-hydroxylation sites is 1. The molecule has 2 heterocycles. The van der Waals surface area contributed by atoms with Crippen LogP contribution in [-0.2, 0) is 6.54 Å². The standard InChI is InChI=1S/C20H28N6O2.HI/c1-4-27-17-9-7-8-16-12-18(28-19(16)17)15(2)25-20(21-3)22-10-5-6-11-26-13-23-24-14-26;/h7-9,12-15H,4-6,10-11H2,1-3H3,(H2,21,22,25);1H. The molecule has 1 atom stereocenters. The van der Waals surface area contributed by atoms with E-state index in [1.165, 1.54) is 0 Å². The normalized spacial score (nSPS) is 12.4. The first-order chi connectivity index (χ1) is 13.7. The third-order valence-electron chi connectivity index (χ3n) is 4.43. The third-order valence-corrected chi connectivity index (χ3v) is 4.43. The average molecular weight is 512 g/mol. The zero-order valence-corrected chi connectivity index (χ0v) is 19.4. The number of benzene rings is 1. The lowest BCUT2D eigenvalue weighted by molar-refractivity contribution is 0.336. The maximum atomic E-state index is 6.06. The van der Waals surface area contributed by atoms with Crippen molar-refractivity contribution in [3.63, 3.8) is 0 Å². The maximum absolute atomic E-state index is 6.06. The number of aryl methyl sites for hydroxylation is 1. The molecule has 3 aromatic rings. The van der Waals surface area contributed by atoms with Crippen LogP contribution in [0.4, 0.5) is 0 Å². The number of furan rings is 1. The van der Waals surface area contributed by atoms with Crippen LogP contribution in [0.15, 0.2) is 46.3 Å². The minimum atomic E-state index is -0.0231. The Labute approximate surface area is 188 Å². The Bertz CT molecular complexity index is 894. The van der Waals surface area contributed by atoms with E-state index in [1.54, 1.807) is 19.7 Å². The molecule has 2 N–H and O–H groups in total. The fraction of sp³-hybridized carbons (Fsp3) is 0.450. The van der Waals surface area contributed by atoms with Crippen LogP contribution in [0.25, 0.3) is 11.0 Å². The molecular formula is C20H29IN6O2. The molecule has 3 rings (SSSR count). The molecule has 8 nitrogen and oxygen atoms in total. The highest BCUT2D eigenvalue weighted by molar-refractivity contribution is 14.0. The van der Waals surface area contributed by atoms with Crippen LogP contribution in [0.5, 0.6) is 5.75 Å². The van der Waals surface area contributed by atoms with Gasteiger partial charge in [0.25, 0.3) is 0 Å².